The largest absolute Gasteiger partial charge is 0.356 e. The van der Waals surface area contributed by atoms with Gasteiger partial charge in [0.05, 0.1) is 0 Å². The predicted octanol–water partition coefficient (Wildman–Crippen LogP) is 3.08. The average molecular weight is 456 g/mol. The summed E-state index contributed by atoms with van der Waals surface area (Å²) < 4.78 is 0. The van der Waals surface area contributed by atoms with Gasteiger partial charge in [-0.1, -0.05) is 37.5 Å². The summed E-state index contributed by atoms with van der Waals surface area (Å²) in [6.07, 6.45) is 6.98. The number of para-hydroxylation sites is 1. The lowest BCUT2D eigenvalue weighted by molar-refractivity contribution is -0.120. The number of carbonyl (C=O) groups is 1. The first kappa shape index (κ1) is 20.0. The van der Waals surface area contributed by atoms with Gasteiger partial charge in [-0.3, -0.25) is 4.79 Å². The van der Waals surface area contributed by atoms with Crippen LogP contribution in [0.3, 0.4) is 0 Å². The third-order valence-electron chi connectivity index (χ3n) is 4.82. The van der Waals surface area contributed by atoms with Gasteiger partial charge in [-0.2, -0.15) is 0 Å². The number of fused-ring (bicyclic) bond motifs is 1. The first-order valence-corrected chi connectivity index (χ1v) is 9.21. The summed E-state index contributed by atoms with van der Waals surface area (Å²) in [5.41, 5.74) is 2.54. The molecule has 2 aliphatic rings. The summed E-state index contributed by atoms with van der Waals surface area (Å²) in [7, 11) is 0. The van der Waals surface area contributed by atoms with Gasteiger partial charge in [0.15, 0.2) is 5.96 Å². The number of guanidine groups is 1. The van der Waals surface area contributed by atoms with Crippen LogP contribution in [0.15, 0.2) is 29.3 Å². The maximum Gasteiger partial charge on any atom is 0.242 e. The minimum Gasteiger partial charge on any atom is -0.356 e. The van der Waals surface area contributed by atoms with Crippen molar-refractivity contribution in [3.05, 3.63) is 29.8 Å². The molecule has 3 rings (SSSR count). The molecular formula is C19H29IN4O. The van der Waals surface area contributed by atoms with E-state index in [0.717, 1.165) is 38.3 Å². The highest BCUT2D eigenvalue weighted by molar-refractivity contribution is 14.0. The molecule has 0 atom stereocenters. The first-order valence-electron chi connectivity index (χ1n) is 9.21. The number of nitrogens with one attached hydrogen (secondary N) is 2. The lowest BCUT2D eigenvalue weighted by Crippen LogP contribution is -2.42. The third-order valence-corrected chi connectivity index (χ3v) is 4.82. The molecule has 0 aromatic heterocycles. The van der Waals surface area contributed by atoms with Crippen LogP contribution in [0, 0.1) is 0 Å². The highest BCUT2D eigenvalue weighted by Gasteiger charge is 2.22. The Balaban J connectivity index is 0.00000225. The first-order chi connectivity index (χ1) is 11.8. The Morgan fingerprint density at radius 1 is 1.24 bits per heavy atom. The Labute approximate surface area is 167 Å². The lowest BCUT2D eigenvalue weighted by atomic mass is 9.95. The van der Waals surface area contributed by atoms with E-state index in [9.17, 15) is 4.79 Å². The van der Waals surface area contributed by atoms with Gasteiger partial charge in [-0.15, -0.1) is 24.0 Å². The number of carbonyl (C=O) groups excluding carboxylic acids is 1. The van der Waals surface area contributed by atoms with Gasteiger partial charge in [-0.05, 0) is 37.8 Å². The van der Waals surface area contributed by atoms with Crippen LogP contribution in [0.1, 0.15) is 44.6 Å². The number of hydrogen-bond donors (Lipinski definition) is 2. The van der Waals surface area contributed by atoms with E-state index < -0.39 is 0 Å². The Morgan fingerprint density at radius 2 is 2.00 bits per heavy atom. The SMILES string of the molecule is CCNC(=NCC(=O)NC1CCCCC1)N1CCc2ccccc21.I. The summed E-state index contributed by atoms with van der Waals surface area (Å²) in [5.74, 6) is 0.839. The molecule has 6 heteroatoms. The van der Waals surface area contributed by atoms with Crippen molar-refractivity contribution in [3.8, 4) is 0 Å². The molecule has 1 heterocycles. The summed E-state index contributed by atoms with van der Waals surface area (Å²) >= 11 is 0. The number of aliphatic imine (C=N–C) groups is 1. The van der Waals surface area contributed by atoms with E-state index in [0.29, 0.717) is 6.04 Å². The van der Waals surface area contributed by atoms with Crippen molar-refractivity contribution in [2.45, 2.75) is 51.5 Å². The smallest absolute Gasteiger partial charge is 0.242 e. The summed E-state index contributed by atoms with van der Waals surface area (Å²) in [5, 5.41) is 6.45. The maximum absolute atomic E-state index is 12.2. The molecule has 2 N–H and O–H groups in total. The second-order valence-electron chi connectivity index (χ2n) is 6.60. The molecule has 0 radical (unpaired) electrons. The summed E-state index contributed by atoms with van der Waals surface area (Å²) in [4.78, 5) is 19.0. The molecule has 1 saturated carbocycles. The Morgan fingerprint density at radius 3 is 2.76 bits per heavy atom. The van der Waals surface area contributed by atoms with E-state index in [1.165, 1.54) is 30.5 Å². The maximum atomic E-state index is 12.2. The monoisotopic (exact) mass is 456 g/mol. The highest BCUT2D eigenvalue weighted by atomic mass is 127. The molecule has 1 aromatic rings. The third kappa shape index (κ3) is 5.33. The molecule has 25 heavy (non-hydrogen) atoms. The number of hydrogen-bond acceptors (Lipinski definition) is 2. The van der Waals surface area contributed by atoms with E-state index in [1.807, 2.05) is 0 Å². The number of amides is 1. The van der Waals surface area contributed by atoms with Gasteiger partial charge in [0, 0.05) is 24.8 Å². The van der Waals surface area contributed by atoms with Crippen molar-refractivity contribution in [1.82, 2.24) is 10.6 Å². The van der Waals surface area contributed by atoms with Crippen LogP contribution in [0.4, 0.5) is 5.69 Å². The number of rotatable bonds is 4. The fraction of sp³-hybridized carbons (Fsp3) is 0.579. The van der Waals surface area contributed by atoms with Gasteiger partial charge in [0.2, 0.25) is 5.91 Å². The van der Waals surface area contributed by atoms with E-state index in [-0.39, 0.29) is 36.4 Å². The number of anilines is 1. The highest BCUT2D eigenvalue weighted by Crippen LogP contribution is 2.27. The molecule has 1 aliphatic heterocycles. The van der Waals surface area contributed by atoms with Crippen molar-refractivity contribution < 1.29 is 4.79 Å². The zero-order valence-electron chi connectivity index (χ0n) is 15.0. The predicted molar refractivity (Wildman–Crippen MR) is 114 cm³/mol. The van der Waals surface area contributed by atoms with Gasteiger partial charge in [0.25, 0.3) is 0 Å². The second-order valence-corrected chi connectivity index (χ2v) is 6.60. The zero-order chi connectivity index (χ0) is 16.8. The molecule has 0 spiro atoms. The van der Waals surface area contributed by atoms with Crippen LogP contribution in [0.5, 0.6) is 0 Å². The van der Waals surface area contributed by atoms with Crippen molar-refractivity contribution in [3.63, 3.8) is 0 Å². The number of halogens is 1. The average Bonchev–Trinajstić information content (AvgIpc) is 3.03. The molecule has 1 aliphatic carbocycles. The Kier molecular flexibility index (Phi) is 7.99. The Bertz CT molecular complexity index is 599. The molecule has 1 aromatic carbocycles. The molecule has 0 bridgehead atoms. The van der Waals surface area contributed by atoms with E-state index in [2.05, 4.69) is 51.7 Å². The van der Waals surface area contributed by atoms with E-state index >= 15 is 0 Å². The fourth-order valence-corrected chi connectivity index (χ4v) is 3.62. The molecule has 0 saturated heterocycles. The van der Waals surface area contributed by atoms with Crippen LogP contribution < -0.4 is 15.5 Å². The van der Waals surface area contributed by atoms with E-state index in [4.69, 9.17) is 0 Å². The normalized spacial score (nSPS) is 17.6. The minimum atomic E-state index is 0. The van der Waals surface area contributed by atoms with Gasteiger partial charge >= 0.3 is 0 Å². The lowest BCUT2D eigenvalue weighted by Gasteiger charge is -2.24. The molecular weight excluding hydrogens is 427 g/mol. The van der Waals surface area contributed by atoms with Crippen molar-refractivity contribution in [2.75, 3.05) is 24.5 Å². The summed E-state index contributed by atoms with van der Waals surface area (Å²) in [6.45, 7) is 3.95. The topological polar surface area (TPSA) is 56.7 Å². The zero-order valence-corrected chi connectivity index (χ0v) is 17.3. The number of benzene rings is 1. The van der Waals surface area contributed by atoms with Gasteiger partial charge < -0.3 is 15.5 Å². The molecule has 1 amide bonds. The molecule has 1 fully saturated rings. The fourth-order valence-electron chi connectivity index (χ4n) is 3.62. The second kappa shape index (κ2) is 9.99. The van der Waals surface area contributed by atoms with Crippen LogP contribution in [0.2, 0.25) is 0 Å². The quantitative estimate of drug-likeness (QED) is 0.416. The van der Waals surface area contributed by atoms with Gasteiger partial charge in [0.1, 0.15) is 6.54 Å². The van der Waals surface area contributed by atoms with Crippen molar-refractivity contribution in [1.29, 1.82) is 0 Å². The standard InChI is InChI=1S/C19H28N4O.HI/c1-2-20-19(23-13-12-15-8-6-7-11-17(15)23)21-14-18(24)22-16-9-4-3-5-10-16;/h6-8,11,16H,2-5,9-10,12-14H2,1H3,(H,20,21)(H,22,24);1H. The molecule has 138 valence electrons. The van der Waals surface area contributed by atoms with Crippen LogP contribution in [0.25, 0.3) is 0 Å². The van der Waals surface area contributed by atoms with Crippen molar-refractivity contribution >= 4 is 41.5 Å². The van der Waals surface area contributed by atoms with E-state index in [1.54, 1.807) is 0 Å². The van der Waals surface area contributed by atoms with Crippen LogP contribution in [-0.2, 0) is 11.2 Å². The minimum absolute atomic E-state index is 0. The van der Waals surface area contributed by atoms with Crippen molar-refractivity contribution in [2.24, 2.45) is 4.99 Å². The number of nitrogens with zero attached hydrogens (tertiary/aromatic N) is 2. The molecule has 5 nitrogen and oxygen atoms in total. The van der Waals surface area contributed by atoms with Crippen LogP contribution in [-0.4, -0.2) is 37.5 Å². The molecule has 0 unspecified atom stereocenters. The van der Waals surface area contributed by atoms with Gasteiger partial charge in [-0.25, -0.2) is 4.99 Å². The Hall–Kier alpha value is -1.31. The van der Waals surface area contributed by atoms with Crippen LogP contribution >= 0.6 is 24.0 Å². The summed E-state index contributed by atoms with van der Waals surface area (Å²) in [6, 6.07) is 8.75.